The van der Waals surface area contributed by atoms with Crippen molar-refractivity contribution in [1.82, 2.24) is 10.2 Å². The molecule has 0 radical (unpaired) electrons. The maximum atomic E-state index is 12.6. The van der Waals surface area contributed by atoms with Crippen LogP contribution in [0.15, 0.2) is 30.3 Å². The molecule has 0 aliphatic carbocycles. The number of rotatable bonds is 7. The number of aliphatic hydroxyl groups is 1. The van der Waals surface area contributed by atoms with Gasteiger partial charge in [0.2, 0.25) is 0 Å². The molecular formula is C19H30N2O2. The molecule has 2 N–H and O–H groups in total. The Balaban J connectivity index is 1.91. The van der Waals surface area contributed by atoms with Crippen LogP contribution in [0.5, 0.6) is 0 Å². The van der Waals surface area contributed by atoms with Crippen LogP contribution in [0.25, 0.3) is 0 Å². The number of carbonyl (C=O) groups excluding carboxylic acids is 1. The molecule has 4 heteroatoms. The lowest BCUT2D eigenvalue weighted by molar-refractivity contribution is 0.186. The van der Waals surface area contributed by atoms with Gasteiger partial charge in [-0.05, 0) is 43.1 Å². The van der Waals surface area contributed by atoms with Gasteiger partial charge in [-0.3, -0.25) is 0 Å². The number of nitrogens with zero attached hydrogens (tertiary/aromatic N) is 1. The van der Waals surface area contributed by atoms with E-state index in [4.69, 9.17) is 0 Å². The van der Waals surface area contributed by atoms with E-state index in [1.165, 1.54) is 5.56 Å². The summed E-state index contributed by atoms with van der Waals surface area (Å²) in [5.74, 6) is 0.925. The fourth-order valence-corrected chi connectivity index (χ4v) is 3.52. The first kappa shape index (κ1) is 17.8. The Hall–Kier alpha value is -1.55. The number of benzene rings is 1. The molecule has 2 rings (SSSR count). The second-order valence-electron chi connectivity index (χ2n) is 6.96. The van der Waals surface area contributed by atoms with Crippen LogP contribution in [0.3, 0.4) is 0 Å². The van der Waals surface area contributed by atoms with E-state index in [0.717, 1.165) is 32.2 Å². The molecule has 0 aromatic heterocycles. The predicted molar refractivity (Wildman–Crippen MR) is 93.2 cm³/mol. The molecule has 1 aromatic rings. The van der Waals surface area contributed by atoms with Crippen LogP contribution >= 0.6 is 0 Å². The summed E-state index contributed by atoms with van der Waals surface area (Å²) in [5, 5.41) is 12.3. The van der Waals surface area contributed by atoms with Gasteiger partial charge in [-0.15, -0.1) is 0 Å². The van der Waals surface area contributed by atoms with Crippen molar-refractivity contribution in [3.05, 3.63) is 35.9 Å². The molecule has 1 aromatic carbocycles. The minimum atomic E-state index is 0.0306. The Kier molecular flexibility index (Phi) is 6.90. The average molecular weight is 318 g/mol. The zero-order valence-corrected chi connectivity index (χ0v) is 14.4. The van der Waals surface area contributed by atoms with Crippen molar-refractivity contribution < 1.29 is 9.90 Å². The number of carbonyl (C=O) groups is 1. The minimum Gasteiger partial charge on any atom is -0.396 e. The molecule has 0 spiro atoms. The van der Waals surface area contributed by atoms with Crippen LogP contribution in [0.2, 0.25) is 0 Å². The third-order valence-corrected chi connectivity index (χ3v) is 4.58. The van der Waals surface area contributed by atoms with Gasteiger partial charge in [-0.1, -0.05) is 44.2 Å². The zero-order valence-electron chi connectivity index (χ0n) is 14.4. The monoisotopic (exact) mass is 318 g/mol. The molecule has 1 aliphatic rings. The summed E-state index contributed by atoms with van der Waals surface area (Å²) < 4.78 is 0. The van der Waals surface area contributed by atoms with Crippen molar-refractivity contribution >= 4 is 6.03 Å². The topological polar surface area (TPSA) is 52.6 Å². The lowest BCUT2D eigenvalue weighted by Crippen LogP contribution is -2.41. The van der Waals surface area contributed by atoms with Crippen molar-refractivity contribution in [2.45, 2.75) is 45.6 Å². The number of aliphatic hydroxyl groups excluding tert-OH is 1. The minimum absolute atomic E-state index is 0.0306. The predicted octanol–water partition coefficient (Wildman–Crippen LogP) is 3.58. The smallest absolute Gasteiger partial charge is 0.317 e. The number of urea groups is 1. The zero-order chi connectivity index (χ0) is 16.7. The van der Waals surface area contributed by atoms with Crippen molar-refractivity contribution in [3.8, 4) is 0 Å². The molecule has 1 heterocycles. The third kappa shape index (κ3) is 5.24. The molecule has 4 nitrogen and oxygen atoms in total. The Bertz CT molecular complexity index is 476. The molecule has 1 saturated heterocycles. The van der Waals surface area contributed by atoms with Gasteiger partial charge in [0.05, 0.1) is 6.04 Å². The number of hydrogen-bond donors (Lipinski definition) is 2. The fourth-order valence-electron chi connectivity index (χ4n) is 3.52. The largest absolute Gasteiger partial charge is 0.396 e. The van der Waals surface area contributed by atoms with Gasteiger partial charge in [-0.25, -0.2) is 4.79 Å². The molecule has 1 aliphatic heterocycles. The Morgan fingerprint density at radius 3 is 2.74 bits per heavy atom. The second-order valence-corrected chi connectivity index (χ2v) is 6.96. The maximum Gasteiger partial charge on any atom is 0.317 e. The molecule has 2 amide bonds. The van der Waals surface area contributed by atoms with Gasteiger partial charge in [0.1, 0.15) is 0 Å². The van der Waals surface area contributed by atoms with Crippen LogP contribution in [0.4, 0.5) is 4.79 Å². The van der Waals surface area contributed by atoms with Crippen molar-refractivity contribution in [2.75, 3.05) is 19.7 Å². The van der Waals surface area contributed by atoms with E-state index in [0.29, 0.717) is 18.4 Å². The molecule has 0 saturated carbocycles. The number of nitrogens with one attached hydrogen (secondary N) is 1. The third-order valence-electron chi connectivity index (χ3n) is 4.58. The lowest BCUT2D eigenvalue weighted by Gasteiger charge is -2.27. The summed E-state index contributed by atoms with van der Waals surface area (Å²) in [6, 6.07) is 10.5. The van der Waals surface area contributed by atoms with Gasteiger partial charge >= 0.3 is 6.03 Å². The molecule has 23 heavy (non-hydrogen) atoms. The van der Waals surface area contributed by atoms with E-state index >= 15 is 0 Å². The molecule has 2 atom stereocenters. The summed E-state index contributed by atoms with van der Waals surface area (Å²) in [6.45, 7) is 6.01. The van der Waals surface area contributed by atoms with E-state index in [1.807, 2.05) is 23.1 Å². The van der Waals surface area contributed by atoms with E-state index < -0.39 is 0 Å². The number of likely N-dealkylation sites (tertiary alicyclic amines) is 1. The molecule has 0 bridgehead atoms. The van der Waals surface area contributed by atoms with E-state index in [9.17, 15) is 9.90 Å². The first-order chi connectivity index (χ1) is 11.1. The van der Waals surface area contributed by atoms with Crippen LogP contribution in [-0.2, 0) is 0 Å². The highest BCUT2D eigenvalue weighted by Crippen LogP contribution is 2.31. The van der Waals surface area contributed by atoms with Crippen LogP contribution in [-0.4, -0.2) is 35.7 Å². The van der Waals surface area contributed by atoms with Crippen molar-refractivity contribution in [1.29, 1.82) is 0 Å². The van der Waals surface area contributed by atoms with Gasteiger partial charge < -0.3 is 15.3 Å². The normalized spacial score (nSPS) is 19.1. The second kappa shape index (κ2) is 8.92. The first-order valence-electron chi connectivity index (χ1n) is 8.82. The molecular weight excluding hydrogens is 288 g/mol. The molecule has 128 valence electrons. The highest BCUT2D eigenvalue weighted by Gasteiger charge is 2.29. The van der Waals surface area contributed by atoms with Gasteiger partial charge in [-0.2, -0.15) is 0 Å². The van der Waals surface area contributed by atoms with Crippen molar-refractivity contribution in [2.24, 2.45) is 11.8 Å². The Labute approximate surface area is 139 Å². The summed E-state index contributed by atoms with van der Waals surface area (Å²) in [4.78, 5) is 14.5. The SMILES string of the molecule is CC(C)CC(CCO)CNC(=O)N1CCCC1c1ccccc1. The average Bonchev–Trinajstić information content (AvgIpc) is 3.02. The summed E-state index contributed by atoms with van der Waals surface area (Å²) >= 11 is 0. The quantitative estimate of drug-likeness (QED) is 0.807. The van der Waals surface area contributed by atoms with Crippen LogP contribution in [0, 0.1) is 11.8 Å². The summed E-state index contributed by atoms with van der Waals surface area (Å²) in [5.41, 5.74) is 1.22. The van der Waals surface area contributed by atoms with E-state index in [1.54, 1.807) is 0 Å². The van der Waals surface area contributed by atoms with E-state index in [2.05, 4.69) is 31.3 Å². The lowest BCUT2D eigenvalue weighted by atomic mass is 9.94. The Morgan fingerprint density at radius 1 is 1.35 bits per heavy atom. The number of hydrogen-bond acceptors (Lipinski definition) is 2. The summed E-state index contributed by atoms with van der Waals surface area (Å²) in [7, 11) is 0. The van der Waals surface area contributed by atoms with Crippen molar-refractivity contribution in [3.63, 3.8) is 0 Å². The van der Waals surface area contributed by atoms with Gasteiger partial charge in [0.25, 0.3) is 0 Å². The maximum absolute atomic E-state index is 12.6. The standard InChI is InChI=1S/C19H30N2O2/c1-15(2)13-16(10-12-22)14-20-19(23)21-11-6-9-18(21)17-7-4-3-5-8-17/h3-5,7-8,15-16,18,22H,6,9-14H2,1-2H3,(H,20,23). The van der Waals surface area contributed by atoms with Crippen LogP contribution in [0.1, 0.15) is 51.1 Å². The molecule has 1 fully saturated rings. The Morgan fingerprint density at radius 2 is 2.09 bits per heavy atom. The highest BCUT2D eigenvalue weighted by molar-refractivity contribution is 5.75. The summed E-state index contributed by atoms with van der Waals surface area (Å²) in [6.07, 6.45) is 3.87. The van der Waals surface area contributed by atoms with Crippen LogP contribution < -0.4 is 5.32 Å². The van der Waals surface area contributed by atoms with Gasteiger partial charge in [0.15, 0.2) is 0 Å². The fraction of sp³-hybridized carbons (Fsp3) is 0.632. The molecule has 2 unspecified atom stereocenters. The number of amides is 2. The van der Waals surface area contributed by atoms with E-state index in [-0.39, 0.29) is 18.7 Å². The first-order valence-corrected chi connectivity index (χ1v) is 8.82. The van der Waals surface area contributed by atoms with Gasteiger partial charge in [0, 0.05) is 19.7 Å². The highest BCUT2D eigenvalue weighted by atomic mass is 16.3.